The van der Waals surface area contributed by atoms with Gasteiger partial charge in [0.15, 0.2) is 24.5 Å². The summed E-state index contributed by atoms with van der Waals surface area (Å²) in [7, 11) is 0. The van der Waals surface area contributed by atoms with Gasteiger partial charge >= 0.3 is 0 Å². The molecular formula is C19H14FN2O+. The Morgan fingerprint density at radius 2 is 1.78 bits per heavy atom. The third-order valence-electron chi connectivity index (χ3n) is 3.68. The third kappa shape index (κ3) is 2.83. The zero-order valence-electron chi connectivity index (χ0n) is 12.3. The van der Waals surface area contributed by atoms with E-state index in [-0.39, 0.29) is 5.82 Å². The van der Waals surface area contributed by atoms with Crippen molar-refractivity contribution in [3.63, 3.8) is 0 Å². The van der Waals surface area contributed by atoms with E-state index < -0.39 is 0 Å². The molecule has 2 heterocycles. The second-order valence-corrected chi connectivity index (χ2v) is 5.38. The summed E-state index contributed by atoms with van der Waals surface area (Å²) in [5, 5.41) is 0. The van der Waals surface area contributed by atoms with Crippen LogP contribution in [0.5, 0.6) is 0 Å². The molecule has 0 spiro atoms. The maximum atomic E-state index is 13.0. The summed E-state index contributed by atoms with van der Waals surface area (Å²) in [6, 6.07) is 18.1. The highest BCUT2D eigenvalue weighted by atomic mass is 19.1. The van der Waals surface area contributed by atoms with Crippen LogP contribution in [0.3, 0.4) is 0 Å². The zero-order valence-corrected chi connectivity index (χ0v) is 12.3. The first kappa shape index (κ1) is 13.6. The molecule has 0 saturated carbocycles. The number of aromatic nitrogens is 2. The van der Waals surface area contributed by atoms with Gasteiger partial charge in [-0.1, -0.05) is 12.1 Å². The number of nitrogens with zero attached hydrogens (tertiary/aromatic N) is 2. The van der Waals surface area contributed by atoms with Gasteiger partial charge in [0, 0.05) is 11.6 Å². The first-order chi connectivity index (χ1) is 11.3. The fourth-order valence-electron chi connectivity index (χ4n) is 2.54. The number of fused-ring (bicyclic) bond motifs is 1. The van der Waals surface area contributed by atoms with E-state index in [0.29, 0.717) is 12.4 Å². The van der Waals surface area contributed by atoms with Crippen molar-refractivity contribution < 1.29 is 13.4 Å². The lowest BCUT2D eigenvalue weighted by molar-refractivity contribution is -0.687. The van der Waals surface area contributed by atoms with Crippen LogP contribution >= 0.6 is 0 Å². The van der Waals surface area contributed by atoms with Crippen LogP contribution in [-0.2, 0) is 6.54 Å². The van der Waals surface area contributed by atoms with Gasteiger partial charge in [-0.15, -0.1) is 0 Å². The molecule has 4 heteroatoms. The summed E-state index contributed by atoms with van der Waals surface area (Å²) >= 11 is 0. The van der Waals surface area contributed by atoms with Crippen LogP contribution in [0.4, 0.5) is 4.39 Å². The van der Waals surface area contributed by atoms with E-state index in [0.717, 1.165) is 22.2 Å². The number of hydrogen-bond donors (Lipinski definition) is 0. The quantitative estimate of drug-likeness (QED) is 0.536. The highest BCUT2D eigenvalue weighted by molar-refractivity contribution is 5.75. The summed E-state index contributed by atoms with van der Waals surface area (Å²) in [5.41, 5.74) is 3.56. The predicted molar refractivity (Wildman–Crippen MR) is 85.1 cm³/mol. The van der Waals surface area contributed by atoms with Crippen LogP contribution in [0.2, 0.25) is 0 Å². The second-order valence-electron chi connectivity index (χ2n) is 5.38. The van der Waals surface area contributed by atoms with Gasteiger partial charge in [0.05, 0.1) is 0 Å². The molecule has 0 aliphatic carbocycles. The van der Waals surface area contributed by atoms with Crippen LogP contribution in [0.15, 0.2) is 77.5 Å². The van der Waals surface area contributed by atoms with Gasteiger partial charge in [0.25, 0.3) is 0 Å². The lowest BCUT2D eigenvalue weighted by Gasteiger charge is -1.99. The maximum absolute atomic E-state index is 13.0. The fourth-order valence-corrected chi connectivity index (χ4v) is 2.54. The minimum atomic E-state index is -0.223. The van der Waals surface area contributed by atoms with E-state index >= 15 is 0 Å². The molecule has 2 aromatic carbocycles. The molecule has 0 radical (unpaired) electrons. The van der Waals surface area contributed by atoms with Crippen LogP contribution in [0.25, 0.3) is 22.6 Å². The number of rotatable bonds is 3. The van der Waals surface area contributed by atoms with Crippen LogP contribution < -0.4 is 4.57 Å². The van der Waals surface area contributed by atoms with E-state index in [1.807, 2.05) is 53.4 Å². The SMILES string of the molecule is Fc1ccc(C[n+]2cccc(-c3nc4ccccc4o3)c2)cc1. The van der Waals surface area contributed by atoms with Crippen molar-refractivity contribution in [3.8, 4) is 11.5 Å². The van der Waals surface area contributed by atoms with Crippen molar-refractivity contribution in [2.24, 2.45) is 0 Å². The van der Waals surface area contributed by atoms with Gasteiger partial charge in [-0.3, -0.25) is 0 Å². The van der Waals surface area contributed by atoms with Crippen molar-refractivity contribution in [2.75, 3.05) is 0 Å². The Balaban J connectivity index is 1.66. The van der Waals surface area contributed by atoms with E-state index in [4.69, 9.17) is 4.42 Å². The average Bonchev–Trinajstić information content (AvgIpc) is 3.01. The Labute approximate surface area is 132 Å². The minimum absolute atomic E-state index is 0.223. The number of pyridine rings is 1. The Bertz CT molecular complexity index is 927. The molecule has 3 nitrogen and oxygen atoms in total. The van der Waals surface area contributed by atoms with Gasteiger partial charge in [-0.05, 0) is 42.5 Å². The zero-order chi connectivity index (χ0) is 15.6. The number of oxazole rings is 1. The molecule has 0 atom stereocenters. The Morgan fingerprint density at radius 3 is 2.61 bits per heavy atom. The van der Waals surface area contributed by atoms with Crippen molar-refractivity contribution in [1.29, 1.82) is 0 Å². The highest BCUT2D eigenvalue weighted by Crippen LogP contribution is 2.22. The van der Waals surface area contributed by atoms with Gasteiger partial charge in [0.2, 0.25) is 5.89 Å². The number of halogens is 1. The Morgan fingerprint density at radius 1 is 0.957 bits per heavy atom. The van der Waals surface area contributed by atoms with Gasteiger partial charge in [-0.2, -0.15) is 4.57 Å². The molecule has 0 amide bonds. The number of para-hydroxylation sites is 2. The van der Waals surface area contributed by atoms with E-state index in [9.17, 15) is 4.39 Å². The first-order valence-electron chi connectivity index (χ1n) is 7.37. The maximum Gasteiger partial charge on any atom is 0.233 e. The molecule has 23 heavy (non-hydrogen) atoms. The largest absolute Gasteiger partial charge is 0.436 e. The smallest absolute Gasteiger partial charge is 0.233 e. The molecule has 0 fully saturated rings. The molecular weight excluding hydrogens is 291 g/mol. The number of benzene rings is 2. The van der Waals surface area contributed by atoms with Gasteiger partial charge in [-0.25, -0.2) is 9.37 Å². The summed E-state index contributed by atoms with van der Waals surface area (Å²) in [5.74, 6) is 0.374. The molecule has 0 aliphatic heterocycles. The van der Waals surface area contributed by atoms with Gasteiger partial charge < -0.3 is 4.42 Å². The topological polar surface area (TPSA) is 29.9 Å². The highest BCUT2D eigenvalue weighted by Gasteiger charge is 2.12. The molecule has 0 bridgehead atoms. The minimum Gasteiger partial charge on any atom is -0.436 e. The molecule has 0 N–H and O–H groups in total. The van der Waals surface area contributed by atoms with Gasteiger partial charge in [0.1, 0.15) is 16.9 Å². The molecule has 4 aromatic rings. The first-order valence-corrected chi connectivity index (χ1v) is 7.37. The van der Waals surface area contributed by atoms with Crippen molar-refractivity contribution in [1.82, 2.24) is 4.98 Å². The monoisotopic (exact) mass is 305 g/mol. The predicted octanol–water partition coefficient (Wildman–Crippen LogP) is 3.97. The molecule has 0 saturated heterocycles. The van der Waals surface area contributed by atoms with Crippen LogP contribution in [0.1, 0.15) is 5.56 Å². The van der Waals surface area contributed by atoms with Crippen LogP contribution in [-0.4, -0.2) is 4.98 Å². The van der Waals surface area contributed by atoms with Crippen molar-refractivity contribution in [3.05, 3.63) is 84.4 Å². The van der Waals surface area contributed by atoms with Crippen molar-refractivity contribution >= 4 is 11.1 Å². The second kappa shape index (κ2) is 5.65. The summed E-state index contributed by atoms with van der Waals surface area (Å²) in [6.45, 7) is 0.661. The average molecular weight is 305 g/mol. The van der Waals surface area contributed by atoms with Crippen molar-refractivity contribution in [2.45, 2.75) is 6.54 Å². The molecule has 0 unspecified atom stereocenters. The summed E-state index contributed by atoms with van der Waals surface area (Å²) in [6.07, 6.45) is 3.95. The molecule has 2 aromatic heterocycles. The normalized spacial score (nSPS) is 11.0. The molecule has 0 aliphatic rings. The fraction of sp³-hybridized carbons (Fsp3) is 0.0526. The Kier molecular flexibility index (Phi) is 3.35. The standard InChI is InChI=1S/C19H14FN2O/c20-16-9-7-14(8-10-16)12-22-11-3-4-15(13-22)19-21-17-5-1-2-6-18(17)23-19/h1-11,13H,12H2/q+1. The summed E-state index contributed by atoms with van der Waals surface area (Å²) in [4.78, 5) is 4.51. The molecule has 112 valence electrons. The lowest BCUT2D eigenvalue weighted by Crippen LogP contribution is -2.33. The van der Waals surface area contributed by atoms with Crippen LogP contribution in [0, 0.1) is 5.82 Å². The third-order valence-corrected chi connectivity index (χ3v) is 3.68. The van der Waals surface area contributed by atoms with E-state index in [1.54, 1.807) is 12.1 Å². The molecule has 4 rings (SSSR count). The lowest BCUT2D eigenvalue weighted by atomic mass is 10.2. The van der Waals surface area contributed by atoms with E-state index in [2.05, 4.69) is 4.98 Å². The Hall–Kier alpha value is -3.01. The van der Waals surface area contributed by atoms with E-state index in [1.165, 1.54) is 12.1 Å². The number of hydrogen-bond acceptors (Lipinski definition) is 2. The summed E-state index contributed by atoms with van der Waals surface area (Å²) < 4.78 is 20.8.